The van der Waals surface area contributed by atoms with E-state index in [1.54, 1.807) is 4.68 Å². The molecule has 16 heavy (non-hydrogen) atoms. The quantitative estimate of drug-likeness (QED) is 0.873. The van der Waals surface area contributed by atoms with E-state index in [-0.39, 0.29) is 5.92 Å². The smallest absolute Gasteiger partial charge is 0.0847 e. The molecule has 2 heterocycles. The second kappa shape index (κ2) is 4.73. The van der Waals surface area contributed by atoms with Crippen molar-refractivity contribution in [3.63, 3.8) is 0 Å². The number of aryl methyl sites for hydroxylation is 2. The zero-order valence-corrected chi connectivity index (χ0v) is 10.4. The predicted octanol–water partition coefficient (Wildman–Crippen LogP) is 1.32. The SMILES string of the molecule is Cc1nn(C)c(CC(O)C2CCOC2)c1Cl. The van der Waals surface area contributed by atoms with Crippen LogP contribution >= 0.6 is 11.6 Å². The van der Waals surface area contributed by atoms with Gasteiger partial charge in [-0.25, -0.2) is 0 Å². The Bertz CT molecular complexity index is 372. The average Bonchev–Trinajstić information content (AvgIpc) is 2.83. The van der Waals surface area contributed by atoms with Gasteiger partial charge in [-0.2, -0.15) is 5.10 Å². The first-order valence-corrected chi connectivity index (χ1v) is 5.91. The van der Waals surface area contributed by atoms with Crippen LogP contribution in [0.2, 0.25) is 5.02 Å². The van der Waals surface area contributed by atoms with Crippen molar-refractivity contribution in [2.45, 2.75) is 25.9 Å². The molecule has 1 fully saturated rings. The molecule has 0 spiro atoms. The lowest BCUT2D eigenvalue weighted by Gasteiger charge is -2.16. The van der Waals surface area contributed by atoms with E-state index < -0.39 is 6.10 Å². The van der Waals surface area contributed by atoms with Gasteiger partial charge in [0.25, 0.3) is 0 Å². The van der Waals surface area contributed by atoms with E-state index in [2.05, 4.69) is 5.10 Å². The zero-order chi connectivity index (χ0) is 11.7. The molecule has 1 aromatic rings. The summed E-state index contributed by atoms with van der Waals surface area (Å²) in [6, 6.07) is 0. The highest BCUT2D eigenvalue weighted by Gasteiger charge is 2.26. The first kappa shape index (κ1) is 11.9. The number of hydrogen-bond acceptors (Lipinski definition) is 3. The fourth-order valence-corrected chi connectivity index (χ4v) is 2.36. The van der Waals surface area contributed by atoms with Crippen LogP contribution in [0.5, 0.6) is 0 Å². The summed E-state index contributed by atoms with van der Waals surface area (Å²) < 4.78 is 7.01. The van der Waals surface area contributed by atoms with Gasteiger partial charge in [-0.1, -0.05) is 11.6 Å². The number of aliphatic hydroxyl groups is 1. The molecule has 0 amide bonds. The number of aromatic nitrogens is 2. The van der Waals surface area contributed by atoms with Crippen molar-refractivity contribution in [3.05, 3.63) is 16.4 Å². The molecular formula is C11H17ClN2O2. The van der Waals surface area contributed by atoms with Crippen LogP contribution < -0.4 is 0 Å². The lowest BCUT2D eigenvalue weighted by atomic mass is 9.98. The Morgan fingerprint density at radius 1 is 1.69 bits per heavy atom. The summed E-state index contributed by atoms with van der Waals surface area (Å²) in [6.07, 6.45) is 1.08. The summed E-state index contributed by atoms with van der Waals surface area (Å²) in [5, 5.41) is 15.0. The van der Waals surface area contributed by atoms with Gasteiger partial charge in [0.1, 0.15) is 0 Å². The molecule has 1 saturated heterocycles. The maximum atomic E-state index is 10.1. The third-order valence-corrected chi connectivity index (χ3v) is 3.66. The fraction of sp³-hybridized carbons (Fsp3) is 0.727. The Labute approximate surface area is 100 Å². The number of ether oxygens (including phenoxy) is 1. The van der Waals surface area contributed by atoms with Crippen LogP contribution in [0.3, 0.4) is 0 Å². The Morgan fingerprint density at radius 2 is 2.44 bits per heavy atom. The van der Waals surface area contributed by atoms with Crippen molar-refractivity contribution < 1.29 is 9.84 Å². The number of hydrogen-bond donors (Lipinski definition) is 1. The summed E-state index contributed by atoms with van der Waals surface area (Å²) in [7, 11) is 1.85. The van der Waals surface area contributed by atoms with E-state index in [4.69, 9.17) is 16.3 Å². The Kier molecular flexibility index (Phi) is 3.52. The molecule has 2 atom stereocenters. The third kappa shape index (κ3) is 2.24. The molecule has 5 heteroatoms. The summed E-state index contributed by atoms with van der Waals surface area (Å²) >= 11 is 6.14. The largest absolute Gasteiger partial charge is 0.392 e. The normalized spacial score (nSPS) is 22.6. The van der Waals surface area contributed by atoms with Gasteiger partial charge in [0.15, 0.2) is 0 Å². The first-order chi connectivity index (χ1) is 7.59. The lowest BCUT2D eigenvalue weighted by Crippen LogP contribution is -2.24. The van der Waals surface area contributed by atoms with E-state index >= 15 is 0 Å². The van der Waals surface area contributed by atoms with Gasteiger partial charge >= 0.3 is 0 Å². The van der Waals surface area contributed by atoms with Crippen molar-refractivity contribution in [2.24, 2.45) is 13.0 Å². The number of halogens is 1. The van der Waals surface area contributed by atoms with E-state index in [1.165, 1.54) is 0 Å². The molecule has 1 aliphatic heterocycles. The molecule has 2 rings (SSSR count). The van der Waals surface area contributed by atoms with Crippen LogP contribution in [-0.4, -0.2) is 34.2 Å². The third-order valence-electron chi connectivity index (χ3n) is 3.17. The van der Waals surface area contributed by atoms with E-state index in [9.17, 15) is 5.11 Å². The lowest BCUT2D eigenvalue weighted by molar-refractivity contribution is 0.0904. The minimum absolute atomic E-state index is 0.228. The summed E-state index contributed by atoms with van der Waals surface area (Å²) in [5.41, 5.74) is 1.72. The maximum absolute atomic E-state index is 10.1. The molecule has 0 bridgehead atoms. The molecule has 0 saturated carbocycles. The molecule has 2 unspecified atom stereocenters. The van der Waals surface area contributed by atoms with Crippen molar-refractivity contribution in [1.82, 2.24) is 9.78 Å². The maximum Gasteiger partial charge on any atom is 0.0847 e. The van der Waals surface area contributed by atoms with Gasteiger partial charge in [-0.15, -0.1) is 0 Å². The molecular weight excluding hydrogens is 228 g/mol. The minimum Gasteiger partial charge on any atom is -0.392 e. The van der Waals surface area contributed by atoms with Gasteiger partial charge in [0, 0.05) is 26.0 Å². The predicted molar refractivity (Wildman–Crippen MR) is 61.6 cm³/mol. The molecule has 0 aromatic carbocycles. The Morgan fingerprint density at radius 3 is 2.94 bits per heavy atom. The van der Waals surface area contributed by atoms with Crippen LogP contribution in [-0.2, 0) is 18.2 Å². The van der Waals surface area contributed by atoms with Gasteiger partial charge in [0.05, 0.1) is 29.1 Å². The molecule has 1 aromatic heterocycles. The monoisotopic (exact) mass is 244 g/mol. The van der Waals surface area contributed by atoms with Gasteiger partial charge in [-0.05, 0) is 13.3 Å². The number of aliphatic hydroxyl groups excluding tert-OH is 1. The summed E-state index contributed by atoms with van der Waals surface area (Å²) in [5.74, 6) is 0.228. The topological polar surface area (TPSA) is 47.3 Å². The standard InChI is InChI=1S/C11H17ClN2O2/c1-7-11(12)9(14(2)13-7)5-10(15)8-3-4-16-6-8/h8,10,15H,3-6H2,1-2H3. The van der Waals surface area contributed by atoms with Gasteiger partial charge in [0.2, 0.25) is 0 Å². The second-order valence-electron chi connectivity index (χ2n) is 4.36. The molecule has 0 aliphatic carbocycles. The molecule has 4 nitrogen and oxygen atoms in total. The van der Waals surface area contributed by atoms with Crippen LogP contribution in [0.1, 0.15) is 17.8 Å². The highest BCUT2D eigenvalue weighted by Crippen LogP contribution is 2.25. The summed E-state index contributed by atoms with van der Waals surface area (Å²) in [6.45, 7) is 3.27. The van der Waals surface area contributed by atoms with Gasteiger partial charge in [-0.3, -0.25) is 4.68 Å². The van der Waals surface area contributed by atoms with E-state index in [0.717, 1.165) is 24.4 Å². The summed E-state index contributed by atoms with van der Waals surface area (Å²) in [4.78, 5) is 0. The first-order valence-electron chi connectivity index (χ1n) is 5.53. The van der Waals surface area contributed by atoms with E-state index in [0.29, 0.717) is 18.1 Å². The van der Waals surface area contributed by atoms with Crippen LogP contribution in [0.15, 0.2) is 0 Å². The average molecular weight is 245 g/mol. The molecule has 1 aliphatic rings. The van der Waals surface area contributed by atoms with Crippen LogP contribution in [0.25, 0.3) is 0 Å². The van der Waals surface area contributed by atoms with Crippen molar-refractivity contribution in [1.29, 1.82) is 0 Å². The Hall–Kier alpha value is -0.580. The fourth-order valence-electron chi connectivity index (χ4n) is 2.12. The minimum atomic E-state index is -0.394. The zero-order valence-electron chi connectivity index (χ0n) is 9.61. The van der Waals surface area contributed by atoms with Crippen molar-refractivity contribution >= 4 is 11.6 Å². The Balaban J connectivity index is 2.07. The number of nitrogens with zero attached hydrogens (tertiary/aromatic N) is 2. The van der Waals surface area contributed by atoms with Crippen molar-refractivity contribution in [2.75, 3.05) is 13.2 Å². The molecule has 0 radical (unpaired) electrons. The van der Waals surface area contributed by atoms with Crippen LogP contribution in [0, 0.1) is 12.8 Å². The molecule has 90 valence electrons. The second-order valence-corrected chi connectivity index (χ2v) is 4.74. The highest BCUT2D eigenvalue weighted by atomic mass is 35.5. The number of rotatable bonds is 3. The van der Waals surface area contributed by atoms with Crippen molar-refractivity contribution in [3.8, 4) is 0 Å². The van der Waals surface area contributed by atoms with Crippen LogP contribution in [0.4, 0.5) is 0 Å². The highest BCUT2D eigenvalue weighted by molar-refractivity contribution is 6.31. The van der Waals surface area contributed by atoms with E-state index in [1.807, 2.05) is 14.0 Å². The van der Waals surface area contributed by atoms with Gasteiger partial charge < -0.3 is 9.84 Å². The molecule has 1 N–H and O–H groups in total.